The molecule has 1 amide bonds. The molecule has 1 atom stereocenters. The molecule has 2 aromatic rings. The molecular weight excluding hydrogens is 438 g/mol. The summed E-state index contributed by atoms with van der Waals surface area (Å²) in [5.74, 6) is -0.0568. The maximum absolute atomic E-state index is 14.5. The monoisotopic (exact) mass is 456 g/mol. The third-order valence-corrected chi connectivity index (χ3v) is 5.48. The number of carbonyl (C=O) groups is 1. The summed E-state index contributed by atoms with van der Waals surface area (Å²) >= 11 is 12.4. The fourth-order valence-electron chi connectivity index (χ4n) is 3.48. The van der Waals surface area contributed by atoms with Crippen LogP contribution in [0, 0.1) is 0 Å². The number of halogens is 3. The third kappa shape index (κ3) is 5.24. The van der Waals surface area contributed by atoms with Gasteiger partial charge in [0.15, 0.2) is 0 Å². The number of nitrogens with zero attached hydrogens (tertiary/aromatic N) is 1. The first kappa shape index (κ1) is 21.3. The zero-order chi connectivity index (χ0) is 21.8. The molecule has 0 saturated heterocycles. The average molecular weight is 457 g/mol. The minimum absolute atomic E-state index is 0.226. The number of carbonyl (C=O) groups excluding carboxylic acids is 1. The van der Waals surface area contributed by atoms with Crippen molar-refractivity contribution in [3.05, 3.63) is 93.5 Å². The standard InChI is InChI=1S/C24H19Cl2FN2O2/c25-18-4-1-5-20(22(27)12-18)16-9-17-10-19(31-24(17)21(26)11-16)14-29-23(30)7-6-15-3-2-8-28-13-15/h2-9,11-13,19H,1,10,14H2,(H,29,30)/b7-6+. The van der Waals surface area contributed by atoms with Gasteiger partial charge in [0.05, 0.1) is 11.6 Å². The van der Waals surface area contributed by atoms with Crippen LogP contribution < -0.4 is 10.1 Å². The second-order valence-corrected chi connectivity index (χ2v) is 8.03. The highest BCUT2D eigenvalue weighted by molar-refractivity contribution is 6.32. The SMILES string of the molecule is O=C(/C=C/c1cccnc1)NCC1Cc2cc(C3=CCC=C(Cl)C=C3F)cc(Cl)c2O1. The Labute approximate surface area is 189 Å². The van der Waals surface area contributed by atoms with Crippen LogP contribution in [0.15, 0.2) is 71.8 Å². The van der Waals surface area contributed by atoms with Gasteiger partial charge < -0.3 is 10.1 Å². The second-order valence-electron chi connectivity index (χ2n) is 7.19. The molecule has 1 aromatic heterocycles. The molecule has 31 heavy (non-hydrogen) atoms. The average Bonchev–Trinajstić information content (AvgIpc) is 3.10. The molecule has 0 spiro atoms. The Morgan fingerprint density at radius 2 is 2.19 bits per heavy atom. The third-order valence-electron chi connectivity index (χ3n) is 4.94. The van der Waals surface area contributed by atoms with E-state index < -0.39 is 5.83 Å². The maximum atomic E-state index is 14.5. The molecule has 1 unspecified atom stereocenters. The highest BCUT2D eigenvalue weighted by atomic mass is 35.5. The Hall–Kier alpha value is -2.89. The van der Waals surface area contributed by atoms with Gasteiger partial charge in [-0.2, -0.15) is 0 Å². The summed E-state index contributed by atoms with van der Waals surface area (Å²) in [6, 6.07) is 7.23. The number of hydrogen-bond acceptors (Lipinski definition) is 3. The molecule has 0 fully saturated rings. The van der Waals surface area contributed by atoms with Gasteiger partial charge in [0.2, 0.25) is 5.91 Å². The fraction of sp³-hybridized carbons (Fsp3) is 0.167. The number of allylic oxidation sites excluding steroid dienone is 6. The smallest absolute Gasteiger partial charge is 0.244 e. The summed E-state index contributed by atoms with van der Waals surface area (Å²) in [6.07, 6.45) is 12.2. The van der Waals surface area contributed by atoms with Crippen LogP contribution in [0.4, 0.5) is 4.39 Å². The number of fused-ring (bicyclic) bond motifs is 1. The molecule has 4 rings (SSSR count). The van der Waals surface area contributed by atoms with Crippen molar-refractivity contribution in [3.8, 4) is 5.75 Å². The summed E-state index contributed by atoms with van der Waals surface area (Å²) < 4.78 is 20.5. The first-order valence-electron chi connectivity index (χ1n) is 9.78. The summed E-state index contributed by atoms with van der Waals surface area (Å²) in [4.78, 5) is 16.1. The molecule has 2 aliphatic rings. The minimum atomic E-state index is -0.405. The van der Waals surface area contributed by atoms with E-state index in [0.717, 1.165) is 11.1 Å². The van der Waals surface area contributed by atoms with Crippen LogP contribution >= 0.6 is 23.2 Å². The summed E-state index contributed by atoms with van der Waals surface area (Å²) in [6.45, 7) is 0.326. The molecule has 1 aromatic carbocycles. The molecule has 1 N–H and O–H groups in total. The second kappa shape index (κ2) is 9.50. The summed E-state index contributed by atoms with van der Waals surface area (Å²) in [7, 11) is 0. The molecule has 1 aliphatic heterocycles. The first-order chi connectivity index (χ1) is 15.0. The van der Waals surface area contributed by atoms with E-state index >= 15 is 0 Å². The molecule has 2 heterocycles. The van der Waals surface area contributed by atoms with E-state index in [2.05, 4.69) is 10.3 Å². The van der Waals surface area contributed by atoms with Gasteiger partial charge in [-0.15, -0.1) is 0 Å². The number of ether oxygens (including phenoxy) is 1. The van der Waals surface area contributed by atoms with Crippen LogP contribution in [0.5, 0.6) is 5.75 Å². The Morgan fingerprint density at radius 1 is 1.32 bits per heavy atom. The Kier molecular flexibility index (Phi) is 6.54. The van der Waals surface area contributed by atoms with Crippen LogP contribution in [-0.4, -0.2) is 23.5 Å². The zero-order valence-electron chi connectivity index (χ0n) is 16.4. The lowest BCUT2D eigenvalue weighted by Gasteiger charge is -2.11. The van der Waals surface area contributed by atoms with Crippen molar-refractivity contribution in [1.29, 1.82) is 0 Å². The predicted octanol–water partition coefficient (Wildman–Crippen LogP) is 5.63. The van der Waals surface area contributed by atoms with Gasteiger partial charge in [-0.25, -0.2) is 4.39 Å². The van der Waals surface area contributed by atoms with Crippen LogP contribution in [0.1, 0.15) is 23.1 Å². The van der Waals surface area contributed by atoms with Crippen molar-refractivity contribution >= 4 is 40.8 Å². The van der Waals surface area contributed by atoms with Gasteiger partial charge in [0, 0.05) is 41.1 Å². The van der Waals surface area contributed by atoms with Crippen molar-refractivity contribution in [2.24, 2.45) is 0 Å². The Balaban J connectivity index is 1.41. The summed E-state index contributed by atoms with van der Waals surface area (Å²) in [5, 5.41) is 3.61. The van der Waals surface area contributed by atoms with Gasteiger partial charge in [-0.1, -0.05) is 41.4 Å². The molecule has 158 valence electrons. The highest BCUT2D eigenvalue weighted by Gasteiger charge is 2.27. The number of aromatic nitrogens is 1. The Bertz CT molecular complexity index is 1120. The van der Waals surface area contributed by atoms with E-state index in [0.29, 0.717) is 46.3 Å². The van der Waals surface area contributed by atoms with Gasteiger partial charge in [0.1, 0.15) is 17.7 Å². The van der Waals surface area contributed by atoms with Gasteiger partial charge in [-0.3, -0.25) is 9.78 Å². The first-order valence-corrected chi connectivity index (χ1v) is 10.5. The van der Waals surface area contributed by atoms with E-state index in [9.17, 15) is 9.18 Å². The molecule has 0 bridgehead atoms. The summed E-state index contributed by atoms with van der Waals surface area (Å²) in [5.41, 5.74) is 2.84. The number of benzene rings is 1. The number of rotatable bonds is 5. The van der Waals surface area contributed by atoms with Gasteiger partial charge >= 0.3 is 0 Å². The van der Waals surface area contributed by atoms with Crippen LogP contribution in [-0.2, 0) is 11.2 Å². The van der Waals surface area contributed by atoms with Crippen molar-refractivity contribution in [2.45, 2.75) is 18.9 Å². The highest BCUT2D eigenvalue weighted by Crippen LogP contribution is 2.40. The largest absolute Gasteiger partial charge is 0.486 e. The minimum Gasteiger partial charge on any atom is -0.486 e. The molecule has 0 radical (unpaired) electrons. The molecular formula is C24H19Cl2FN2O2. The molecule has 0 saturated carbocycles. The van der Waals surface area contributed by atoms with E-state index in [1.165, 1.54) is 12.2 Å². The van der Waals surface area contributed by atoms with E-state index in [1.54, 1.807) is 42.8 Å². The molecule has 4 nitrogen and oxygen atoms in total. The van der Waals surface area contributed by atoms with Crippen LogP contribution in [0.2, 0.25) is 5.02 Å². The lowest BCUT2D eigenvalue weighted by atomic mass is 9.99. The van der Waals surface area contributed by atoms with Crippen LogP contribution in [0.25, 0.3) is 11.6 Å². The Morgan fingerprint density at radius 3 is 3.00 bits per heavy atom. The zero-order valence-corrected chi connectivity index (χ0v) is 18.0. The topological polar surface area (TPSA) is 51.2 Å². The number of pyridine rings is 1. The molecule has 7 heteroatoms. The fourth-order valence-corrected chi connectivity index (χ4v) is 3.95. The lowest BCUT2D eigenvalue weighted by Crippen LogP contribution is -2.33. The number of amides is 1. The van der Waals surface area contributed by atoms with Crippen molar-refractivity contribution in [2.75, 3.05) is 6.54 Å². The molecule has 1 aliphatic carbocycles. The maximum Gasteiger partial charge on any atom is 0.244 e. The number of hydrogen-bond donors (Lipinski definition) is 1. The quantitative estimate of drug-likeness (QED) is 0.592. The normalized spacial score (nSPS) is 17.9. The van der Waals surface area contributed by atoms with Gasteiger partial charge in [0.25, 0.3) is 0 Å². The van der Waals surface area contributed by atoms with E-state index in [4.69, 9.17) is 27.9 Å². The van der Waals surface area contributed by atoms with Gasteiger partial charge in [-0.05, 0) is 47.9 Å². The predicted molar refractivity (Wildman–Crippen MR) is 122 cm³/mol. The number of nitrogens with one attached hydrogen (secondary N) is 1. The van der Waals surface area contributed by atoms with Crippen molar-refractivity contribution in [3.63, 3.8) is 0 Å². The van der Waals surface area contributed by atoms with Crippen LogP contribution in [0.3, 0.4) is 0 Å². The van der Waals surface area contributed by atoms with Crippen molar-refractivity contribution < 1.29 is 13.9 Å². The van der Waals surface area contributed by atoms with E-state index in [1.807, 2.05) is 12.1 Å². The van der Waals surface area contributed by atoms with Crippen molar-refractivity contribution in [1.82, 2.24) is 10.3 Å². The lowest BCUT2D eigenvalue weighted by molar-refractivity contribution is -0.116. The van der Waals surface area contributed by atoms with E-state index in [-0.39, 0.29) is 12.0 Å².